The number of rotatable bonds is 5. The van der Waals surface area contributed by atoms with E-state index in [0.717, 1.165) is 23.4 Å². The molecule has 0 aliphatic carbocycles. The summed E-state index contributed by atoms with van der Waals surface area (Å²) < 4.78 is 10.1. The Balaban J connectivity index is 1.65. The van der Waals surface area contributed by atoms with E-state index in [1.807, 2.05) is 6.07 Å². The van der Waals surface area contributed by atoms with E-state index in [1.54, 1.807) is 24.4 Å². The number of amides is 1. The van der Waals surface area contributed by atoms with Crippen molar-refractivity contribution in [1.82, 2.24) is 15.3 Å². The fourth-order valence-electron chi connectivity index (χ4n) is 1.91. The Labute approximate surface area is 158 Å². The summed E-state index contributed by atoms with van der Waals surface area (Å²) in [6.07, 6.45) is 7.20. The standard InChI is InChI=1S/C17H13N5O4S/c1-25-15(23)8-13-16(24)21-17(27-13)22-20-9-11-3-2-4-12(7-11)26-14-10-18-5-6-19-14/h2-10H,1H3,(H,21,22,24)/b13-8+,20-9?. The normalized spacial score (nSPS) is 16.7. The fourth-order valence-corrected chi connectivity index (χ4v) is 2.65. The lowest BCUT2D eigenvalue weighted by atomic mass is 10.2. The van der Waals surface area contributed by atoms with Crippen molar-refractivity contribution in [2.24, 2.45) is 10.2 Å². The minimum atomic E-state index is -0.614. The maximum atomic E-state index is 11.7. The summed E-state index contributed by atoms with van der Waals surface area (Å²) in [7, 11) is 1.23. The predicted molar refractivity (Wildman–Crippen MR) is 99.4 cm³/mol. The molecule has 1 amide bonds. The third-order valence-electron chi connectivity index (χ3n) is 3.08. The first-order valence-corrected chi connectivity index (χ1v) is 8.39. The Kier molecular flexibility index (Phi) is 5.90. The zero-order valence-corrected chi connectivity index (χ0v) is 14.8. The number of hydrogen-bond donors (Lipinski definition) is 1. The van der Waals surface area contributed by atoms with Gasteiger partial charge >= 0.3 is 5.97 Å². The van der Waals surface area contributed by atoms with Gasteiger partial charge in [0.15, 0.2) is 5.17 Å². The molecule has 0 spiro atoms. The van der Waals surface area contributed by atoms with Gasteiger partial charge in [0.05, 0.1) is 24.4 Å². The molecule has 2 heterocycles. The zero-order valence-electron chi connectivity index (χ0n) is 14.0. The third kappa shape index (κ3) is 5.22. The maximum absolute atomic E-state index is 11.7. The lowest BCUT2D eigenvalue weighted by Gasteiger charge is -2.03. The average Bonchev–Trinajstić information content (AvgIpc) is 3.02. The molecule has 0 bridgehead atoms. The number of benzene rings is 1. The number of aromatic nitrogens is 2. The van der Waals surface area contributed by atoms with Crippen LogP contribution in [0.1, 0.15) is 5.56 Å². The van der Waals surface area contributed by atoms with Gasteiger partial charge in [-0.25, -0.2) is 9.78 Å². The van der Waals surface area contributed by atoms with E-state index in [0.29, 0.717) is 11.6 Å². The maximum Gasteiger partial charge on any atom is 0.331 e. The molecule has 2 aromatic rings. The molecular formula is C17H13N5O4S. The number of amidine groups is 1. The topological polar surface area (TPSA) is 115 Å². The van der Waals surface area contributed by atoms with Crippen LogP contribution in [0.4, 0.5) is 0 Å². The SMILES string of the molecule is COC(=O)/C=C1/S/C(=N\N=Cc2cccc(Oc3cnccn3)c2)NC1=O. The summed E-state index contributed by atoms with van der Waals surface area (Å²) in [6.45, 7) is 0. The van der Waals surface area contributed by atoms with Crippen LogP contribution in [0, 0.1) is 0 Å². The van der Waals surface area contributed by atoms with E-state index in [9.17, 15) is 9.59 Å². The first kappa shape index (κ1) is 18.3. The molecule has 27 heavy (non-hydrogen) atoms. The number of carbonyl (C=O) groups excluding carboxylic acids is 2. The highest BCUT2D eigenvalue weighted by Crippen LogP contribution is 2.23. The second kappa shape index (κ2) is 8.72. The highest BCUT2D eigenvalue weighted by molar-refractivity contribution is 8.18. The molecule has 1 aromatic heterocycles. The lowest BCUT2D eigenvalue weighted by Crippen LogP contribution is -2.19. The van der Waals surface area contributed by atoms with E-state index >= 15 is 0 Å². The Hall–Kier alpha value is -3.53. The Morgan fingerprint density at radius 2 is 2.22 bits per heavy atom. The minimum Gasteiger partial charge on any atom is -0.466 e. The molecule has 1 N–H and O–H groups in total. The van der Waals surface area contributed by atoms with Gasteiger partial charge in [-0.2, -0.15) is 5.10 Å². The van der Waals surface area contributed by atoms with Gasteiger partial charge in [-0.1, -0.05) is 12.1 Å². The molecule has 1 aliphatic heterocycles. The van der Waals surface area contributed by atoms with Gasteiger partial charge in [0, 0.05) is 18.5 Å². The number of hydrogen-bond acceptors (Lipinski definition) is 9. The van der Waals surface area contributed by atoms with E-state index in [1.165, 1.54) is 25.7 Å². The summed E-state index contributed by atoms with van der Waals surface area (Å²) in [4.78, 5) is 31.1. The molecule has 0 unspecified atom stereocenters. The number of nitrogens with one attached hydrogen (secondary N) is 1. The van der Waals surface area contributed by atoms with Crippen molar-refractivity contribution in [3.05, 3.63) is 59.4 Å². The molecule has 1 fully saturated rings. The van der Waals surface area contributed by atoms with E-state index in [4.69, 9.17) is 4.74 Å². The van der Waals surface area contributed by atoms with Crippen LogP contribution in [0.15, 0.2) is 64.0 Å². The molecule has 136 valence electrons. The number of carbonyl (C=O) groups is 2. The number of nitrogens with zero attached hydrogens (tertiary/aromatic N) is 4. The van der Waals surface area contributed by atoms with Gasteiger partial charge < -0.3 is 9.47 Å². The fraction of sp³-hybridized carbons (Fsp3) is 0.0588. The molecule has 0 radical (unpaired) electrons. The van der Waals surface area contributed by atoms with Crippen molar-refractivity contribution in [3.63, 3.8) is 0 Å². The van der Waals surface area contributed by atoms with Crippen molar-refractivity contribution >= 4 is 35.0 Å². The number of thioether (sulfide) groups is 1. The molecule has 0 atom stereocenters. The van der Waals surface area contributed by atoms with Crippen molar-refractivity contribution in [2.45, 2.75) is 0 Å². The summed E-state index contributed by atoms with van der Waals surface area (Å²) in [5.41, 5.74) is 0.736. The van der Waals surface area contributed by atoms with Crippen molar-refractivity contribution in [1.29, 1.82) is 0 Å². The Morgan fingerprint density at radius 3 is 3.00 bits per heavy atom. The van der Waals surface area contributed by atoms with Crippen LogP contribution < -0.4 is 10.1 Å². The number of esters is 1. The highest BCUT2D eigenvalue weighted by atomic mass is 32.2. The van der Waals surface area contributed by atoms with Crippen molar-refractivity contribution in [2.75, 3.05) is 7.11 Å². The van der Waals surface area contributed by atoms with Gasteiger partial charge in [-0.05, 0) is 29.5 Å². The van der Waals surface area contributed by atoms with Crippen LogP contribution in [0.25, 0.3) is 0 Å². The molecule has 9 nitrogen and oxygen atoms in total. The first-order valence-electron chi connectivity index (χ1n) is 7.58. The van der Waals surface area contributed by atoms with Crippen molar-refractivity contribution < 1.29 is 19.1 Å². The van der Waals surface area contributed by atoms with Gasteiger partial charge in [0.2, 0.25) is 5.88 Å². The molecule has 1 aromatic carbocycles. The van der Waals surface area contributed by atoms with Crippen LogP contribution in [0.5, 0.6) is 11.6 Å². The zero-order chi connectivity index (χ0) is 19.1. The van der Waals surface area contributed by atoms with Gasteiger partial charge in [-0.15, -0.1) is 5.10 Å². The largest absolute Gasteiger partial charge is 0.466 e. The van der Waals surface area contributed by atoms with Crippen LogP contribution >= 0.6 is 11.8 Å². The Morgan fingerprint density at radius 1 is 1.33 bits per heavy atom. The monoisotopic (exact) mass is 383 g/mol. The molecule has 10 heteroatoms. The van der Waals surface area contributed by atoms with Gasteiger partial charge in [-0.3, -0.25) is 15.1 Å². The van der Waals surface area contributed by atoms with Crippen molar-refractivity contribution in [3.8, 4) is 11.6 Å². The molecule has 1 aliphatic rings. The first-order chi connectivity index (χ1) is 13.1. The smallest absolute Gasteiger partial charge is 0.331 e. The van der Waals surface area contributed by atoms with Crippen LogP contribution in [0.2, 0.25) is 0 Å². The average molecular weight is 383 g/mol. The summed E-state index contributed by atoms with van der Waals surface area (Å²) in [5.74, 6) is -0.100. The molecule has 1 saturated heterocycles. The molecular weight excluding hydrogens is 370 g/mol. The second-order valence-corrected chi connectivity index (χ2v) is 5.99. The number of ether oxygens (including phenoxy) is 2. The number of methoxy groups -OCH3 is 1. The lowest BCUT2D eigenvalue weighted by molar-refractivity contribution is -0.135. The van der Waals surface area contributed by atoms with E-state index in [2.05, 4.69) is 30.2 Å². The summed E-state index contributed by atoms with van der Waals surface area (Å²) in [5, 5.41) is 10.6. The quantitative estimate of drug-likeness (QED) is 0.363. The molecule has 0 saturated carbocycles. The van der Waals surface area contributed by atoms with E-state index < -0.39 is 11.9 Å². The molecule has 3 rings (SSSR count). The predicted octanol–water partition coefficient (Wildman–Crippen LogP) is 1.88. The van der Waals surface area contributed by atoms with Crippen LogP contribution in [0.3, 0.4) is 0 Å². The van der Waals surface area contributed by atoms with Crippen LogP contribution in [-0.2, 0) is 14.3 Å². The second-order valence-electron chi connectivity index (χ2n) is 4.96. The Bertz CT molecular complexity index is 943. The summed E-state index contributed by atoms with van der Waals surface area (Å²) in [6, 6.07) is 7.13. The van der Waals surface area contributed by atoms with Crippen LogP contribution in [-0.4, -0.2) is 40.3 Å². The van der Waals surface area contributed by atoms with Gasteiger partial charge in [0.1, 0.15) is 5.75 Å². The minimum absolute atomic E-state index is 0.190. The highest BCUT2D eigenvalue weighted by Gasteiger charge is 2.24. The van der Waals surface area contributed by atoms with E-state index in [-0.39, 0.29) is 10.1 Å². The summed E-state index contributed by atoms with van der Waals surface area (Å²) >= 11 is 0.999. The van der Waals surface area contributed by atoms with Gasteiger partial charge in [0.25, 0.3) is 5.91 Å². The third-order valence-corrected chi connectivity index (χ3v) is 3.98.